The summed E-state index contributed by atoms with van der Waals surface area (Å²) in [6, 6.07) is 5.31. The number of amides is 3. The Balaban J connectivity index is 1.49. The molecule has 1 fully saturated rings. The van der Waals surface area contributed by atoms with E-state index in [0.717, 1.165) is 12.1 Å². The molecule has 1 atom stereocenters. The predicted molar refractivity (Wildman–Crippen MR) is 101 cm³/mol. The van der Waals surface area contributed by atoms with Crippen molar-refractivity contribution in [1.82, 2.24) is 35.0 Å². The number of piperazine rings is 1. The summed E-state index contributed by atoms with van der Waals surface area (Å²) in [7, 11) is 0. The van der Waals surface area contributed by atoms with Crippen molar-refractivity contribution in [2.45, 2.75) is 26.3 Å². The lowest BCUT2D eigenvalue weighted by Crippen LogP contribution is -2.53. The van der Waals surface area contributed by atoms with Crippen LogP contribution in [-0.4, -0.2) is 75.6 Å². The fourth-order valence-corrected chi connectivity index (χ4v) is 3.13. The second kappa shape index (κ2) is 8.81. The molecule has 3 rings (SSSR count). The maximum absolute atomic E-state index is 12.6. The number of hydrogen-bond donors (Lipinski definition) is 2. The third kappa shape index (κ3) is 4.73. The Morgan fingerprint density at radius 3 is 2.70 bits per heavy atom. The molecule has 3 amide bonds. The van der Waals surface area contributed by atoms with Crippen molar-refractivity contribution in [3.05, 3.63) is 30.2 Å². The second-order valence-corrected chi connectivity index (χ2v) is 6.77. The standard InChI is InChI=1S/C18H27N7O2/c1-3-7-19-16(26)13-23-9-11-24(12-10-23)18(27)20-14(2)17-22-21-15-6-4-5-8-25(15)17/h4-6,8,14H,3,7,9-13H2,1-2H3,(H,19,26)(H,20,27). The number of pyridine rings is 1. The molecule has 27 heavy (non-hydrogen) atoms. The number of rotatable bonds is 6. The second-order valence-electron chi connectivity index (χ2n) is 6.77. The van der Waals surface area contributed by atoms with Crippen LogP contribution in [0.15, 0.2) is 24.4 Å². The minimum absolute atomic E-state index is 0.0436. The summed E-state index contributed by atoms with van der Waals surface area (Å²) >= 11 is 0. The summed E-state index contributed by atoms with van der Waals surface area (Å²) in [4.78, 5) is 28.2. The van der Waals surface area contributed by atoms with Crippen LogP contribution in [0.25, 0.3) is 5.65 Å². The molecule has 2 aromatic rings. The third-order valence-corrected chi connectivity index (χ3v) is 4.67. The van der Waals surface area contributed by atoms with E-state index >= 15 is 0 Å². The molecule has 0 aliphatic carbocycles. The lowest BCUT2D eigenvalue weighted by atomic mass is 10.3. The lowest BCUT2D eigenvalue weighted by Gasteiger charge is -2.34. The number of carbonyl (C=O) groups excluding carboxylic acids is 2. The van der Waals surface area contributed by atoms with Crippen LogP contribution in [0, 0.1) is 0 Å². The van der Waals surface area contributed by atoms with Crippen LogP contribution in [0.1, 0.15) is 32.1 Å². The molecule has 0 spiro atoms. The van der Waals surface area contributed by atoms with Gasteiger partial charge in [-0.15, -0.1) is 10.2 Å². The van der Waals surface area contributed by atoms with Gasteiger partial charge in [-0.25, -0.2) is 4.79 Å². The molecule has 0 aromatic carbocycles. The first kappa shape index (κ1) is 19.1. The van der Waals surface area contributed by atoms with Crippen molar-refractivity contribution >= 4 is 17.6 Å². The van der Waals surface area contributed by atoms with Gasteiger partial charge in [-0.2, -0.15) is 0 Å². The van der Waals surface area contributed by atoms with Gasteiger partial charge in [0.1, 0.15) is 0 Å². The van der Waals surface area contributed by atoms with Crippen LogP contribution < -0.4 is 10.6 Å². The van der Waals surface area contributed by atoms with Gasteiger partial charge in [-0.3, -0.25) is 14.1 Å². The highest BCUT2D eigenvalue weighted by molar-refractivity contribution is 5.78. The Morgan fingerprint density at radius 1 is 1.19 bits per heavy atom. The molecule has 9 nitrogen and oxygen atoms in total. The summed E-state index contributed by atoms with van der Waals surface area (Å²) in [6.45, 7) is 7.59. The van der Waals surface area contributed by atoms with Crippen molar-refractivity contribution in [3.63, 3.8) is 0 Å². The summed E-state index contributed by atoms with van der Waals surface area (Å²) in [6.07, 6.45) is 2.81. The highest BCUT2D eigenvalue weighted by Gasteiger charge is 2.24. The Labute approximate surface area is 158 Å². The smallest absolute Gasteiger partial charge is 0.318 e. The molecule has 1 saturated heterocycles. The molecule has 3 heterocycles. The van der Waals surface area contributed by atoms with Crippen molar-refractivity contribution in [2.24, 2.45) is 0 Å². The molecular weight excluding hydrogens is 346 g/mol. The molecular formula is C18H27N7O2. The maximum atomic E-state index is 12.6. The quantitative estimate of drug-likeness (QED) is 0.775. The van der Waals surface area contributed by atoms with E-state index in [4.69, 9.17) is 0 Å². The highest BCUT2D eigenvalue weighted by Crippen LogP contribution is 2.12. The lowest BCUT2D eigenvalue weighted by molar-refractivity contribution is -0.122. The highest BCUT2D eigenvalue weighted by atomic mass is 16.2. The van der Waals surface area contributed by atoms with Crippen LogP contribution in [0.4, 0.5) is 4.79 Å². The number of nitrogens with one attached hydrogen (secondary N) is 2. The van der Waals surface area contributed by atoms with Crippen molar-refractivity contribution in [3.8, 4) is 0 Å². The summed E-state index contributed by atoms with van der Waals surface area (Å²) in [5, 5.41) is 14.2. The zero-order chi connectivity index (χ0) is 19.2. The Kier molecular flexibility index (Phi) is 6.23. The first-order valence-corrected chi connectivity index (χ1v) is 9.42. The molecule has 1 aliphatic heterocycles. The zero-order valence-corrected chi connectivity index (χ0v) is 15.9. The van der Waals surface area contributed by atoms with E-state index < -0.39 is 0 Å². The largest absolute Gasteiger partial charge is 0.355 e. The van der Waals surface area contributed by atoms with Gasteiger partial charge in [0.05, 0.1) is 12.6 Å². The fourth-order valence-electron chi connectivity index (χ4n) is 3.13. The normalized spacial score (nSPS) is 16.3. The molecule has 2 aromatic heterocycles. The van der Waals surface area contributed by atoms with E-state index in [1.54, 1.807) is 4.90 Å². The number of hydrogen-bond acceptors (Lipinski definition) is 5. The topological polar surface area (TPSA) is 94.9 Å². The Morgan fingerprint density at radius 2 is 1.96 bits per heavy atom. The van der Waals surface area contributed by atoms with Crippen LogP contribution in [0.3, 0.4) is 0 Å². The van der Waals surface area contributed by atoms with E-state index in [-0.39, 0.29) is 18.0 Å². The summed E-state index contributed by atoms with van der Waals surface area (Å²) < 4.78 is 1.87. The van der Waals surface area contributed by atoms with Gasteiger partial charge in [0.25, 0.3) is 0 Å². The minimum Gasteiger partial charge on any atom is -0.355 e. The average molecular weight is 373 g/mol. The summed E-state index contributed by atoms with van der Waals surface area (Å²) in [5.74, 6) is 0.743. The molecule has 9 heteroatoms. The van der Waals surface area contributed by atoms with Gasteiger partial charge in [0, 0.05) is 38.9 Å². The number of aromatic nitrogens is 3. The maximum Gasteiger partial charge on any atom is 0.318 e. The molecule has 1 aliphatic rings. The van der Waals surface area contributed by atoms with Gasteiger partial charge in [0.2, 0.25) is 5.91 Å². The van der Waals surface area contributed by atoms with E-state index in [1.807, 2.05) is 42.6 Å². The molecule has 0 saturated carbocycles. The van der Waals surface area contributed by atoms with Crippen LogP contribution in [0.2, 0.25) is 0 Å². The minimum atomic E-state index is -0.257. The van der Waals surface area contributed by atoms with Crippen LogP contribution in [-0.2, 0) is 4.79 Å². The fraction of sp³-hybridized carbons (Fsp3) is 0.556. The molecule has 146 valence electrons. The third-order valence-electron chi connectivity index (χ3n) is 4.67. The SMILES string of the molecule is CCCNC(=O)CN1CCN(C(=O)NC(C)c2nnc3ccccn23)CC1. The molecule has 2 N–H and O–H groups in total. The molecule has 0 radical (unpaired) electrons. The van der Waals surface area contributed by atoms with Gasteiger partial charge in [0.15, 0.2) is 11.5 Å². The number of urea groups is 1. The van der Waals surface area contributed by atoms with Gasteiger partial charge in [-0.05, 0) is 25.5 Å². The Hall–Kier alpha value is -2.68. The summed E-state index contributed by atoms with van der Waals surface area (Å²) in [5.41, 5.74) is 0.753. The van der Waals surface area contributed by atoms with Gasteiger partial charge < -0.3 is 15.5 Å². The van der Waals surface area contributed by atoms with Crippen molar-refractivity contribution in [1.29, 1.82) is 0 Å². The van der Waals surface area contributed by atoms with Crippen molar-refractivity contribution < 1.29 is 9.59 Å². The van der Waals surface area contributed by atoms with Crippen LogP contribution in [0.5, 0.6) is 0 Å². The molecule has 1 unspecified atom stereocenters. The number of nitrogens with zero attached hydrogens (tertiary/aromatic N) is 5. The molecule has 0 bridgehead atoms. The van der Waals surface area contributed by atoms with E-state index in [9.17, 15) is 9.59 Å². The first-order chi connectivity index (χ1) is 13.1. The van der Waals surface area contributed by atoms with Gasteiger partial charge >= 0.3 is 6.03 Å². The first-order valence-electron chi connectivity index (χ1n) is 9.42. The van der Waals surface area contributed by atoms with Crippen LogP contribution >= 0.6 is 0 Å². The number of carbonyl (C=O) groups is 2. The number of fused-ring (bicyclic) bond motifs is 1. The zero-order valence-electron chi connectivity index (χ0n) is 15.9. The average Bonchev–Trinajstić information content (AvgIpc) is 3.11. The predicted octanol–water partition coefficient (Wildman–Crippen LogP) is 0.644. The van der Waals surface area contributed by atoms with Gasteiger partial charge in [-0.1, -0.05) is 13.0 Å². The van der Waals surface area contributed by atoms with E-state index in [1.165, 1.54) is 0 Å². The monoisotopic (exact) mass is 373 g/mol. The Bertz CT molecular complexity index is 783. The van der Waals surface area contributed by atoms with E-state index in [2.05, 4.69) is 25.7 Å². The van der Waals surface area contributed by atoms with Crippen molar-refractivity contribution in [2.75, 3.05) is 39.3 Å². The van der Waals surface area contributed by atoms with E-state index in [0.29, 0.717) is 45.1 Å².